The third-order valence-corrected chi connectivity index (χ3v) is 5.64. The quantitative estimate of drug-likeness (QED) is 0.320. The zero-order chi connectivity index (χ0) is 22.8. The molecule has 1 atom stereocenters. The Balaban J connectivity index is 1.74. The molecule has 2 aliphatic heterocycles. The number of ether oxygens (including phenoxy) is 1. The predicted molar refractivity (Wildman–Crippen MR) is 113 cm³/mol. The van der Waals surface area contributed by atoms with Gasteiger partial charge in [0.05, 0.1) is 26.3 Å². The zero-order valence-electron chi connectivity index (χ0n) is 17.0. The number of carbonyl (C=O) groups is 4. The van der Waals surface area contributed by atoms with Gasteiger partial charge in [0.1, 0.15) is 16.5 Å². The topological polar surface area (TPSA) is 150 Å². The van der Waals surface area contributed by atoms with E-state index < -0.39 is 28.7 Å². The number of amides is 4. The van der Waals surface area contributed by atoms with Gasteiger partial charge in [0.15, 0.2) is 5.17 Å². The van der Waals surface area contributed by atoms with Gasteiger partial charge in [0.2, 0.25) is 5.91 Å². The van der Waals surface area contributed by atoms with Crippen LogP contribution < -0.4 is 15.4 Å². The summed E-state index contributed by atoms with van der Waals surface area (Å²) in [7, 11) is 1.49. The van der Waals surface area contributed by atoms with Gasteiger partial charge >= 0.3 is 12.0 Å². The Morgan fingerprint density at radius 3 is 2.71 bits per heavy atom. The van der Waals surface area contributed by atoms with Gasteiger partial charge < -0.3 is 20.5 Å². The van der Waals surface area contributed by atoms with Crippen molar-refractivity contribution in [1.29, 1.82) is 0 Å². The highest BCUT2D eigenvalue weighted by Crippen LogP contribution is 2.25. The molecule has 3 rings (SSSR count). The van der Waals surface area contributed by atoms with Crippen molar-refractivity contribution < 1.29 is 29.0 Å². The molecule has 11 nitrogen and oxygen atoms in total. The molecule has 0 spiro atoms. The van der Waals surface area contributed by atoms with E-state index in [1.54, 1.807) is 32.0 Å². The number of imide groups is 1. The van der Waals surface area contributed by atoms with Crippen LogP contribution in [-0.2, 0) is 20.9 Å². The fourth-order valence-corrected chi connectivity index (χ4v) is 3.94. The predicted octanol–water partition coefficient (Wildman–Crippen LogP) is 0.922. The molecule has 12 heteroatoms. The summed E-state index contributed by atoms with van der Waals surface area (Å²) in [6, 6.07) is 4.63. The van der Waals surface area contributed by atoms with Crippen molar-refractivity contribution in [2.24, 2.45) is 10.2 Å². The molecule has 31 heavy (non-hydrogen) atoms. The molecule has 2 fully saturated rings. The number of thioether (sulfide) groups is 1. The van der Waals surface area contributed by atoms with Gasteiger partial charge in [-0.2, -0.15) is 5.10 Å². The number of urea groups is 1. The summed E-state index contributed by atoms with van der Waals surface area (Å²) in [5, 5.41) is 21.2. The molecule has 3 N–H and O–H groups in total. The number of carboxylic acids is 1. The summed E-state index contributed by atoms with van der Waals surface area (Å²) >= 11 is 0.999. The summed E-state index contributed by atoms with van der Waals surface area (Å²) in [6.07, 6.45) is 1.13. The Bertz CT molecular complexity index is 1010. The Labute approximate surface area is 181 Å². The fraction of sp³-hybridized carbons (Fsp3) is 0.368. The minimum atomic E-state index is -1.07. The standard InChI is InChI=1S/C19H21N5O6S/c1-19(2)16(28)24(18(29)22-19)9-11-6-10(4-5-12(11)30-3)8-20-23-17-21-15(27)13(31-17)7-14(25)26/h4-6,8,13H,7,9H2,1-3H3,(H,22,29)(H,25,26)(H,21,23,27). The van der Waals surface area contributed by atoms with Crippen LogP contribution >= 0.6 is 11.8 Å². The molecule has 2 aliphatic rings. The first kappa shape index (κ1) is 22.3. The highest BCUT2D eigenvalue weighted by Gasteiger charge is 2.44. The van der Waals surface area contributed by atoms with Crippen molar-refractivity contribution in [3.8, 4) is 5.75 Å². The molecule has 1 unspecified atom stereocenters. The van der Waals surface area contributed by atoms with Crippen LogP contribution in [-0.4, -0.2) is 63.1 Å². The number of rotatable bonds is 7. The highest BCUT2D eigenvalue weighted by molar-refractivity contribution is 8.15. The summed E-state index contributed by atoms with van der Waals surface area (Å²) in [6.45, 7) is 3.29. The number of carbonyl (C=O) groups excluding carboxylic acids is 3. The first-order valence-electron chi connectivity index (χ1n) is 9.22. The number of nitrogens with zero attached hydrogens (tertiary/aromatic N) is 3. The van der Waals surface area contributed by atoms with E-state index in [-0.39, 0.29) is 24.0 Å². The lowest BCUT2D eigenvalue weighted by Crippen LogP contribution is -2.40. The molecule has 0 radical (unpaired) electrons. The number of aliphatic carboxylic acids is 1. The molecule has 0 bridgehead atoms. The molecular weight excluding hydrogens is 426 g/mol. The van der Waals surface area contributed by atoms with Crippen LogP contribution in [0.15, 0.2) is 28.4 Å². The second-order valence-corrected chi connectivity index (χ2v) is 8.55. The van der Waals surface area contributed by atoms with E-state index >= 15 is 0 Å². The Morgan fingerprint density at radius 2 is 2.10 bits per heavy atom. The van der Waals surface area contributed by atoms with E-state index in [9.17, 15) is 19.2 Å². The summed E-state index contributed by atoms with van der Waals surface area (Å²) in [5.41, 5.74) is 0.259. The average Bonchev–Trinajstić information content (AvgIpc) is 3.12. The average molecular weight is 447 g/mol. The van der Waals surface area contributed by atoms with E-state index in [0.717, 1.165) is 16.7 Å². The molecule has 1 aromatic rings. The minimum absolute atomic E-state index is 0.0241. The van der Waals surface area contributed by atoms with Gasteiger partial charge in [-0.3, -0.25) is 19.3 Å². The number of nitrogens with one attached hydrogen (secondary N) is 2. The first-order valence-corrected chi connectivity index (χ1v) is 10.1. The monoisotopic (exact) mass is 447 g/mol. The lowest BCUT2D eigenvalue weighted by atomic mass is 10.1. The summed E-state index contributed by atoms with van der Waals surface area (Å²) in [5.74, 6) is -1.33. The summed E-state index contributed by atoms with van der Waals surface area (Å²) in [4.78, 5) is 48.2. The highest BCUT2D eigenvalue weighted by atomic mass is 32.2. The van der Waals surface area contributed by atoms with E-state index in [0.29, 0.717) is 16.9 Å². The fourth-order valence-electron chi connectivity index (χ4n) is 3.03. The normalized spacial score (nSPS) is 21.6. The Hall–Kier alpha value is -3.41. The lowest BCUT2D eigenvalue weighted by molar-refractivity contribution is -0.138. The molecule has 2 saturated heterocycles. The molecule has 2 heterocycles. The van der Waals surface area contributed by atoms with Gasteiger partial charge in [-0.25, -0.2) is 4.79 Å². The minimum Gasteiger partial charge on any atom is -0.496 e. The van der Waals surface area contributed by atoms with Crippen LogP contribution in [0.25, 0.3) is 0 Å². The molecule has 164 valence electrons. The Kier molecular flexibility index (Phi) is 6.29. The van der Waals surface area contributed by atoms with Crippen molar-refractivity contribution in [3.05, 3.63) is 29.3 Å². The number of methoxy groups -OCH3 is 1. The van der Waals surface area contributed by atoms with Crippen molar-refractivity contribution in [1.82, 2.24) is 15.5 Å². The largest absolute Gasteiger partial charge is 0.496 e. The van der Waals surface area contributed by atoms with Crippen LogP contribution in [0.1, 0.15) is 31.4 Å². The molecule has 1 aromatic carbocycles. The maximum Gasteiger partial charge on any atom is 0.325 e. The molecule has 0 saturated carbocycles. The Morgan fingerprint density at radius 1 is 1.35 bits per heavy atom. The van der Waals surface area contributed by atoms with Crippen molar-refractivity contribution >= 4 is 47.0 Å². The van der Waals surface area contributed by atoms with E-state index in [1.165, 1.54) is 13.3 Å². The van der Waals surface area contributed by atoms with Crippen LogP contribution in [0, 0.1) is 0 Å². The van der Waals surface area contributed by atoms with E-state index in [4.69, 9.17) is 9.84 Å². The van der Waals surface area contributed by atoms with E-state index in [1.807, 2.05) is 0 Å². The van der Waals surface area contributed by atoms with Gasteiger partial charge in [0.25, 0.3) is 5.91 Å². The maximum absolute atomic E-state index is 12.4. The second kappa shape index (κ2) is 8.76. The van der Waals surface area contributed by atoms with Crippen LogP contribution in [0.2, 0.25) is 0 Å². The SMILES string of the molecule is COc1ccc(C=NN=C2NC(=O)C(CC(=O)O)S2)cc1CN1C(=O)NC(C)(C)C1=O. The lowest BCUT2D eigenvalue weighted by Gasteiger charge is -2.17. The summed E-state index contributed by atoms with van der Waals surface area (Å²) < 4.78 is 5.33. The molecular formula is C19H21N5O6S. The van der Waals surface area contributed by atoms with Crippen molar-refractivity contribution in [2.45, 2.75) is 37.6 Å². The number of hydrogen-bond donors (Lipinski definition) is 3. The van der Waals surface area contributed by atoms with Crippen LogP contribution in [0.4, 0.5) is 4.79 Å². The van der Waals surface area contributed by atoms with Crippen molar-refractivity contribution in [3.63, 3.8) is 0 Å². The van der Waals surface area contributed by atoms with Crippen LogP contribution in [0.3, 0.4) is 0 Å². The third-order valence-electron chi connectivity index (χ3n) is 4.57. The van der Waals surface area contributed by atoms with Gasteiger partial charge in [-0.05, 0) is 37.6 Å². The molecule has 0 aromatic heterocycles. The van der Waals surface area contributed by atoms with Crippen molar-refractivity contribution in [2.75, 3.05) is 7.11 Å². The third kappa shape index (κ3) is 5.02. The number of benzene rings is 1. The zero-order valence-corrected chi connectivity index (χ0v) is 17.9. The second-order valence-electron chi connectivity index (χ2n) is 7.36. The smallest absolute Gasteiger partial charge is 0.325 e. The van der Waals surface area contributed by atoms with Gasteiger partial charge in [0, 0.05) is 5.56 Å². The van der Waals surface area contributed by atoms with Gasteiger partial charge in [-0.15, -0.1) is 5.10 Å². The number of hydrogen-bond acceptors (Lipinski definition) is 8. The number of carboxylic acid groups (broad SMARTS) is 1. The first-order chi connectivity index (χ1) is 14.6. The van der Waals surface area contributed by atoms with Crippen LogP contribution in [0.5, 0.6) is 5.75 Å². The maximum atomic E-state index is 12.4. The van der Waals surface area contributed by atoms with Gasteiger partial charge in [-0.1, -0.05) is 11.8 Å². The molecule has 0 aliphatic carbocycles. The number of amidine groups is 1. The molecule has 4 amide bonds. The van der Waals surface area contributed by atoms with E-state index in [2.05, 4.69) is 20.8 Å².